The van der Waals surface area contributed by atoms with Crippen molar-refractivity contribution in [3.63, 3.8) is 0 Å². The van der Waals surface area contributed by atoms with Crippen molar-refractivity contribution in [2.24, 2.45) is 0 Å². The maximum atomic E-state index is 8.07. The molecule has 0 rings (SSSR count). The Morgan fingerprint density at radius 2 is 1.86 bits per heavy atom. The molecule has 0 unspecified atom stereocenters. The maximum Gasteiger partial charge on any atom is 0.0430 e. The third-order valence-corrected chi connectivity index (χ3v) is 0.512. The predicted octanol–water partition coefficient (Wildman–Crippen LogP) is -0.427. The first-order valence-corrected chi connectivity index (χ1v) is 2.02. The smallest absolute Gasteiger partial charge is 0.0430 e. The summed E-state index contributed by atoms with van der Waals surface area (Å²) in [7, 11) is 0. The standard InChI is InChI=1S/C4H10O.Na.H2O/c1-2-3-4-5;;/h5H,2-4H2,1H3;;1H2. The Labute approximate surface area is 66.5 Å². The SMILES string of the molecule is CCCCO.O.[Na]. The van der Waals surface area contributed by atoms with Gasteiger partial charge in [-0.2, -0.15) is 0 Å². The van der Waals surface area contributed by atoms with Crippen molar-refractivity contribution in [2.75, 3.05) is 6.61 Å². The van der Waals surface area contributed by atoms with E-state index in [0.29, 0.717) is 6.61 Å². The summed E-state index contributed by atoms with van der Waals surface area (Å²) in [5.74, 6) is 0. The molecule has 2 nitrogen and oxygen atoms in total. The van der Waals surface area contributed by atoms with Crippen molar-refractivity contribution < 1.29 is 10.6 Å². The summed E-state index contributed by atoms with van der Waals surface area (Å²) in [6.45, 7) is 2.40. The van der Waals surface area contributed by atoms with Gasteiger partial charge in [0.1, 0.15) is 0 Å². The van der Waals surface area contributed by atoms with E-state index in [9.17, 15) is 0 Å². The van der Waals surface area contributed by atoms with Crippen LogP contribution in [0.4, 0.5) is 0 Å². The van der Waals surface area contributed by atoms with Crippen LogP contribution in [0.2, 0.25) is 0 Å². The van der Waals surface area contributed by atoms with Crippen molar-refractivity contribution in [2.45, 2.75) is 19.8 Å². The molecule has 0 atom stereocenters. The molecule has 0 aromatic carbocycles. The third kappa shape index (κ3) is 19.6. The molecule has 41 valence electrons. The molecule has 0 saturated heterocycles. The van der Waals surface area contributed by atoms with E-state index in [0.717, 1.165) is 12.8 Å². The molecule has 0 aromatic rings. The topological polar surface area (TPSA) is 51.7 Å². The number of hydrogen-bond donors (Lipinski definition) is 1. The third-order valence-electron chi connectivity index (χ3n) is 0.512. The summed E-state index contributed by atoms with van der Waals surface area (Å²) in [4.78, 5) is 0. The van der Waals surface area contributed by atoms with Crippen molar-refractivity contribution in [3.05, 3.63) is 0 Å². The molecule has 1 radical (unpaired) electrons. The van der Waals surface area contributed by atoms with E-state index in [4.69, 9.17) is 5.11 Å². The number of rotatable bonds is 2. The number of hydrogen-bond acceptors (Lipinski definition) is 1. The summed E-state index contributed by atoms with van der Waals surface area (Å²) >= 11 is 0. The van der Waals surface area contributed by atoms with Gasteiger partial charge < -0.3 is 10.6 Å². The van der Waals surface area contributed by atoms with Gasteiger partial charge in [0.2, 0.25) is 0 Å². The van der Waals surface area contributed by atoms with Crippen LogP contribution in [0, 0.1) is 0 Å². The van der Waals surface area contributed by atoms with E-state index in [1.165, 1.54) is 0 Å². The van der Waals surface area contributed by atoms with Crippen LogP contribution in [0.25, 0.3) is 0 Å². The van der Waals surface area contributed by atoms with Crippen LogP contribution >= 0.6 is 0 Å². The van der Waals surface area contributed by atoms with Crippen molar-refractivity contribution in [1.82, 2.24) is 0 Å². The summed E-state index contributed by atoms with van der Waals surface area (Å²) in [6, 6.07) is 0. The van der Waals surface area contributed by atoms with E-state index in [1.54, 1.807) is 0 Å². The molecule has 3 heteroatoms. The Kier molecular flexibility index (Phi) is 35.3. The summed E-state index contributed by atoms with van der Waals surface area (Å²) in [5, 5.41) is 8.07. The number of aliphatic hydroxyl groups excluding tert-OH is 1. The van der Waals surface area contributed by atoms with Gasteiger partial charge in [-0.3, -0.25) is 0 Å². The molecule has 0 bridgehead atoms. The second-order valence-corrected chi connectivity index (χ2v) is 1.08. The normalized spacial score (nSPS) is 6.00. The zero-order valence-corrected chi connectivity index (χ0v) is 7.07. The number of aliphatic hydroxyl groups is 1. The monoisotopic (exact) mass is 115 g/mol. The van der Waals surface area contributed by atoms with Crippen LogP contribution in [0.1, 0.15) is 19.8 Å². The van der Waals surface area contributed by atoms with Crippen molar-refractivity contribution >= 4 is 29.6 Å². The Morgan fingerprint density at radius 3 is 1.86 bits per heavy atom. The fraction of sp³-hybridized carbons (Fsp3) is 1.00. The average molecular weight is 115 g/mol. The summed E-state index contributed by atoms with van der Waals surface area (Å²) in [5.41, 5.74) is 0. The Hall–Kier alpha value is 0.920. The molecule has 0 amide bonds. The molecule has 0 saturated carbocycles. The van der Waals surface area contributed by atoms with Gasteiger partial charge in [0.15, 0.2) is 0 Å². The van der Waals surface area contributed by atoms with Gasteiger partial charge in [-0.05, 0) is 6.42 Å². The molecule has 0 aliphatic heterocycles. The van der Waals surface area contributed by atoms with E-state index in [-0.39, 0.29) is 35.0 Å². The van der Waals surface area contributed by atoms with Crippen LogP contribution in [0.3, 0.4) is 0 Å². The van der Waals surface area contributed by atoms with Crippen LogP contribution in [0.5, 0.6) is 0 Å². The maximum absolute atomic E-state index is 8.07. The first kappa shape index (κ1) is 15.7. The Morgan fingerprint density at radius 1 is 1.43 bits per heavy atom. The van der Waals surface area contributed by atoms with Crippen molar-refractivity contribution in [1.29, 1.82) is 0 Å². The fourth-order valence-electron chi connectivity index (χ4n) is 0.158. The van der Waals surface area contributed by atoms with E-state index in [1.807, 2.05) is 0 Å². The molecule has 3 N–H and O–H groups in total. The van der Waals surface area contributed by atoms with Crippen molar-refractivity contribution in [3.8, 4) is 0 Å². The number of unbranched alkanes of at least 4 members (excludes halogenated alkanes) is 1. The first-order chi connectivity index (χ1) is 2.41. The molecule has 0 aromatic heterocycles. The van der Waals surface area contributed by atoms with E-state index >= 15 is 0 Å². The fourth-order valence-corrected chi connectivity index (χ4v) is 0.158. The zero-order chi connectivity index (χ0) is 4.12. The van der Waals surface area contributed by atoms with E-state index in [2.05, 4.69) is 6.92 Å². The van der Waals surface area contributed by atoms with Gasteiger partial charge >= 0.3 is 0 Å². The minimum atomic E-state index is 0. The minimum Gasteiger partial charge on any atom is -0.412 e. The molecular weight excluding hydrogens is 103 g/mol. The Bertz CT molecular complexity index is 17.2. The predicted molar refractivity (Wildman–Crippen MR) is 31.4 cm³/mol. The quantitative estimate of drug-likeness (QED) is 0.488. The summed E-state index contributed by atoms with van der Waals surface area (Å²) < 4.78 is 0. The summed E-state index contributed by atoms with van der Waals surface area (Å²) in [6.07, 6.45) is 2.04. The van der Waals surface area contributed by atoms with Gasteiger partial charge in [-0.25, -0.2) is 0 Å². The van der Waals surface area contributed by atoms with Crippen LogP contribution in [-0.2, 0) is 0 Å². The van der Waals surface area contributed by atoms with Crippen LogP contribution < -0.4 is 0 Å². The molecule has 0 heterocycles. The zero-order valence-electron chi connectivity index (χ0n) is 5.07. The molecular formula is C4H12NaO2. The first-order valence-electron chi connectivity index (χ1n) is 2.02. The minimum absolute atomic E-state index is 0. The van der Waals surface area contributed by atoms with Crippen LogP contribution in [-0.4, -0.2) is 46.7 Å². The molecule has 0 fully saturated rings. The van der Waals surface area contributed by atoms with Crippen LogP contribution in [0.15, 0.2) is 0 Å². The average Bonchev–Trinajstić information content (AvgIpc) is 1.41. The Balaban J connectivity index is -0.0000000800. The van der Waals surface area contributed by atoms with Gasteiger partial charge in [0.25, 0.3) is 0 Å². The van der Waals surface area contributed by atoms with Gasteiger partial charge in [0.05, 0.1) is 0 Å². The van der Waals surface area contributed by atoms with Gasteiger partial charge in [-0.15, -0.1) is 0 Å². The largest absolute Gasteiger partial charge is 0.412 e. The molecule has 0 spiro atoms. The van der Waals surface area contributed by atoms with E-state index < -0.39 is 0 Å². The molecule has 7 heavy (non-hydrogen) atoms. The van der Waals surface area contributed by atoms with Gasteiger partial charge in [0, 0.05) is 36.2 Å². The van der Waals surface area contributed by atoms with Gasteiger partial charge in [-0.1, -0.05) is 13.3 Å². The second-order valence-electron chi connectivity index (χ2n) is 1.08. The molecule has 0 aliphatic carbocycles. The second kappa shape index (κ2) is 15.8. The molecule has 0 aliphatic rings.